The number of ether oxygens (including phenoxy) is 1. The van der Waals surface area contributed by atoms with Gasteiger partial charge in [-0.25, -0.2) is 0 Å². The van der Waals surface area contributed by atoms with E-state index in [2.05, 4.69) is 50.5 Å². The van der Waals surface area contributed by atoms with Crippen LogP contribution >= 0.6 is 0 Å². The van der Waals surface area contributed by atoms with Crippen molar-refractivity contribution in [2.45, 2.75) is 71.6 Å². The van der Waals surface area contributed by atoms with E-state index in [1.54, 1.807) is 0 Å². The largest absolute Gasteiger partial charge is 0.373 e. The molecule has 3 rings (SSSR count). The Morgan fingerprint density at radius 1 is 1.21 bits per heavy atom. The molecule has 3 atom stereocenters. The number of aliphatic imine (C=N–C) groups is 1. The first-order chi connectivity index (χ1) is 11.6. The van der Waals surface area contributed by atoms with Crippen molar-refractivity contribution in [1.29, 1.82) is 0 Å². The molecular formula is C20H31N3O. The number of hydrogen-bond acceptors (Lipinski definition) is 2. The minimum atomic E-state index is 0.375. The number of hydrogen-bond donors (Lipinski definition) is 2. The molecule has 24 heavy (non-hydrogen) atoms. The highest BCUT2D eigenvalue weighted by atomic mass is 16.5. The number of nitrogens with one attached hydrogen (secondary N) is 2. The van der Waals surface area contributed by atoms with Crippen LogP contribution in [0.1, 0.15) is 48.4 Å². The van der Waals surface area contributed by atoms with Gasteiger partial charge in [0.05, 0.1) is 18.2 Å². The Balaban J connectivity index is 1.60. The molecule has 2 bridgehead atoms. The van der Waals surface area contributed by atoms with E-state index in [0.717, 1.165) is 31.9 Å². The number of rotatable bonds is 5. The second-order valence-corrected chi connectivity index (χ2v) is 7.25. The van der Waals surface area contributed by atoms with E-state index in [4.69, 9.17) is 9.73 Å². The number of guanidine groups is 1. The topological polar surface area (TPSA) is 45.7 Å². The van der Waals surface area contributed by atoms with E-state index in [0.29, 0.717) is 18.2 Å². The summed E-state index contributed by atoms with van der Waals surface area (Å²) in [7, 11) is 0. The lowest BCUT2D eigenvalue weighted by molar-refractivity contribution is 0.0992. The molecule has 0 amide bonds. The van der Waals surface area contributed by atoms with Crippen molar-refractivity contribution in [3.05, 3.63) is 34.4 Å². The van der Waals surface area contributed by atoms with Gasteiger partial charge in [-0.15, -0.1) is 0 Å². The van der Waals surface area contributed by atoms with Gasteiger partial charge in [-0.05, 0) is 70.1 Å². The third kappa shape index (κ3) is 3.92. The summed E-state index contributed by atoms with van der Waals surface area (Å²) in [6.07, 6.45) is 5.35. The van der Waals surface area contributed by atoms with Crippen molar-refractivity contribution in [3.8, 4) is 0 Å². The highest BCUT2D eigenvalue weighted by Gasteiger charge is 2.41. The van der Waals surface area contributed by atoms with Crippen molar-refractivity contribution >= 4 is 5.96 Å². The Hall–Kier alpha value is -1.55. The van der Waals surface area contributed by atoms with E-state index < -0.39 is 0 Å². The highest BCUT2D eigenvalue weighted by Crippen LogP contribution is 2.34. The zero-order chi connectivity index (χ0) is 17.1. The molecule has 0 saturated carbocycles. The molecule has 1 aromatic carbocycles. The second kappa shape index (κ2) is 7.56. The fourth-order valence-electron chi connectivity index (χ4n) is 4.17. The smallest absolute Gasteiger partial charge is 0.191 e. The molecule has 2 N–H and O–H groups in total. The molecule has 2 fully saturated rings. The van der Waals surface area contributed by atoms with Gasteiger partial charge in [0.2, 0.25) is 0 Å². The summed E-state index contributed by atoms with van der Waals surface area (Å²) in [6.45, 7) is 10.4. The van der Waals surface area contributed by atoms with Gasteiger partial charge in [-0.2, -0.15) is 0 Å². The van der Waals surface area contributed by atoms with Gasteiger partial charge in [0.15, 0.2) is 5.96 Å². The van der Waals surface area contributed by atoms with Crippen molar-refractivity contribution in [3.63, 3.8) is 0 Å². The number of fused-ring (bicyclic) bond motifs is 2. The Morgan fingerprint density at radius 3 is 2.54 bits per heavy atom. The summed E-state index contributed by atoms with van der Waals surface area (Å²) >= 11 is 0. The van der Waals surface area contributed by atoms with Gasteiger partial charge in [-0.3, -0.25) is 4.99 Å². The maximum atomic E-state index is 5.94. The van der Waals surface area contributed by atoms with Crippen LogP contribution in [0.15, 0.2) is 17.1 Å². The van der Waals surface area contributed by atoms with Gasteiger partial charge < -0.3 is 15.4 Å². The average molecular weight is 329 g/mol. The lowest BCUT2D eigenvalue weighted by atomic mass is 9.96. The van der Waals surface area contributed by atoms with Crippen molar-refractivity contribution in [2.24, 2.45) is 4.99 Å². The SMILES string of the molecule is CCNC(=NCCc1c(C)cc(C)cc1C)NC1CC2CCC1O2. The maximum absolute atomic E-state index is 5.94. The average Bonchev–Trinajstić information content (AvgIpc) is 3.12. The molecule has 4 nitrogen and oxygen atoms in total. The molecule has 1 aromatic rings. The van der Waals surface area contributed by atoms with Crippen LogP contribution in [0.25, 0.3) is 0 Å². The zero-order valence-corrected chi connectivity index (χ0v) is 15.5. The molecule has 0 radical (unpaired) electrons. The number of nitrogens with zero attached hydrogens (tertiary/aromatic N) is 1. The van der Waals surface area contributed by atoms with E-state index in [1.165, 1.54) is 35.1 Å². The fourth-order valence-corrected chi connectivity index (χ4v) is 4.17. The molecule has 2 heterocycles. The van der Waals surface area contributed by atoms with Gasteiger partial charge in [-0.1, -0.05) is 17.7 Å². The summed E-state index contributed by atoms with van der Waals surface area (Å²) in [6, 6.07) is 4.95. The molecule has 2 aliphatic rings. The van der Waals surface area contributed by atoms with Gasteiger partial charge in [0.25, 0.3) is 0 Å². The lowest BCUT2D eigenvalue weighted by Gasteiger charge is -2.22. The summed E-state index contributed by atoms with van der Waals surface area (Å²) in [4.78, 5) is 4.80. The first-order valence-corrected chi connectivity index (χ1v) is 9.34. The van der Waals surface area contributed by atoms with Crippen LogP contribution in [0.2, 0.25) is 0 Å². The normalized spacial score (nSPS) is 26.0. The van der Waals surface area contributed by atoms with Crippen LogP contribution in [0, 0.1) is 20.8 Å². The van der Waals surface area contributed by atoms with Crippen LogP contribution in [0.4, 0.5) is 0 Å². The summed E-state index contributed by atoms with van der Waals surface area (Å²) in [5.41, 5.74) is 5.52. The van der Waals surface area contributed by atoms with Crippen LogP contribution in [0.3, 0.4) is 0 Å². The standard InChI is InChI=1S/C20H31N3O/c1-5-21-20(23-18-12-16-6-7-19(18)24-16)22-9-8-17-14(3)10-13(2)11-15(17)4/h10-11,16,18-19H,5-9,12H2,1-4H3,(H2,21,22,23). The predicted molar refractivity (Wildman–Crippen MR) is 99.8 cm³/mol. The molecule has 0 aromatic heterocycles. The molecule has 0 spiro atoms. The van der Waals surface area contributed by atoms with Gasteiger partial charge >= 0.3 is 0 Å². The molecule has 0 aliphatic carbocycles. The summed E-state index contributed by atoms with van der Waals surface area (Å²) in [5.74, 6) is 0.932. The predicted octanol–water partition coefficient (Wildman–Crippen LogP) is 3.03. The fraction of sp³-hybridized carbons (Fsp3) is 0.650. The molecule has 132 valence electrons. The first kappa shape index (κ1) is 17.3. The summed E-state index contributed by atoms with van der Waals surface area (Å²) in [5, 5.41) is 6.96. The molecule has 2 aliphatic heterocycles. The van der Waals surface area contributed by atoms with Crippen LogP contribution in [-0.4, -0.2) is 37.3 Å². The molecule has 3 unspecified atom stereocenters. The third-order valence-corrected chi connectivity index (χ3v) is 5.24. The number of aryl methyl sites for hydroxylation is 3. The second-order valence-electron chi connectivity index (χ2n) is 7.25. The van der Waals surface area contributed by atoms with Crippen molar-refractivity contribution in [1.82, 2.24) is 10.6 Å². The molecule has 4 heteroatoms. The first-order valence-electron chi connectivity index (χ1n) is 9.34. The Morgan fingerprint density at radius 2 is 1.96 bits per heavy atom. The van der Waals surface area contributed by atoms with E-state index >= 15 is 0 Å². The third-order valence-electron chi connectivity index (χ3n) is 5.24. The zero-order valence-electron chi connectivity index (χ0n) is 15.5. The monoisotopic (exact) mass is 329 g/mol. The highest BCUT2D eigenvalue weighted by molar-refractivity contribution is 5.80. The van der Waals surface area contributed by atoms with Crippen LogP contribution in [-0.2, 0) is 11.2 Å². The number of benzene rings is 1. The Kier molecular flexibility index (Phi) is 5.44. The van der Waals surface area contributed by atoms with Gasteiger partial charge in [0.1, 0.15) is 0 Å². The Bertz CT molecular complexity index is 588. The van der Waals surface area contributed by atoms with E-state index in [-0.39, 0.29) is 0 Å². The Labute approximate surface area is 146 Å². The van der Waals surface area contributed by atoms with Crippen molar-refractivity contribution < 1.29 is 4.74 Å². The molecule has 2 saturated heterocycles. The van der Waals surface area contributed by atoms with E-state index in [9.17, 15) is 0 Å². The minimum Gasteiger partial charge on any atom is -0.373 e. The van der Waals surface area contributed by atoms with Crippen molar-refractivity contribution in [2.75, 3.05) is 13.1 Å². The quantitative estimate of drug-likeness (QED) is 0.645. The minimum absolute atomic E-state index is 0.375. The molecular weight excluding hydrogens is 298 g/mol. The van der Waals surface area contributed by atoms with E-state index in [1.807, 2.05) is 0 Å². The van der Waals surface area contributed by atoms with Crippen LogP contribution < -0.4 is 10.6 Å². The van der Waals surface area contributed by atoms with Crippen LogP contribution in [0.5, 0.6) is 0 Å². The lowest BCUT2D eigenvalue weighted by Crippen LogP contribution is -2.47. The summed E-state index contributed by atoms with van der Waals surface area (Å²) < 4.78 is 5.94. The van der Waals surface area contributed by atoms with Gasteiger partial charge in [0, 0.05) is 13.1 Å². The maximum Gasteiger partial charge on any atom is 0.191 e.